The lowest BCUT2D eigenvalue weighted by Gasteiger charge is -2.30. The number of morpholine rings is 1. The normalized spacial score (nSPS) is 25.1. The van der Waals surface area contributed by atoms with Crippen molar-refractivity contribution in [1.29, 1.82) is 0 Å². The highest BCUT2D eigenvalue weighted by Crippen LogP contribution is 2.33. The molecule has 0 spiro atoms. The average molecular weight is 387 g/mol. The Balaban J connectivity index is 2.10. The summed E-state index contributed by atoms with van der Waals surface area (Å²) >= 11 is 1.98. The molecule has 2 amide bonds. The van der Waals surface area contributed by atoms with Crippen molar-refractivity contribution in [3.05, 3.63) is 27.3 Å². The molecule has 2 unspecified atom stereocenters. The van der Waals surface area contributed by atoms with Crippen LogP contribution in [-0.2, 0) is 14.3 Å². The number of carboxylic acid groups (broad SMARTS) is 1. The fourth-order valence-corrected chi connectivity index (χ4v) is 3.00. The molecular formula is C13H10INO5. The summed E-state index contributed by atoms with van der Waals surface area (Å²) in [7, 11) is 0. The summed E-state index contributed by atoms with van der Waals surface area (Å²) in [6, 6.07) is 4.60. The number of nitrogens with zero attached hydrogens (tertiary/aromatic N) is 1. The summed E-state index contributed by atoms with van der Waals surface area (Å²) in [5, 5.41) is 9.26. The zero-order valence-electron chi connectivity index (χ0n) is 10.2. The van der Waals surface area contributed by atoms with Gasteiger partial charge in [0.15, 0.2) is 0 Å². The molecule has 2 heterocycles. The highest BCUT2D eigenvalue weighted by molar-refractivity contribution is 14.1. The fourth-order valence-electron chi connectivity index (χ4n) is 2.51. The molecule has 2 saturated heterocycles. The van der Waals surface area contributed by atoms with Gasteiger partial charge in [-0.15, -0.1) is 0 Å². The van der Waals surface area contributed by atoms with Gasteiger partial charge in [-0.25, -0.2) is 9.69 Å². The lowest BCUT2D eigenvalue weighted by atomic mass is 10.1. The van der Waals surface area contributed by atoms with Crippen LogP contribution in [0.4, 0.5) is 5.69 Å². The largest absolute Gasteiger partial charge is 0.478 e. The fraction of sp³-hybridized carbons (Fsp3) is 0.308. The number of hydrogen-bond donors (Lipinski definition) is 1. The Hall–Kier alpha value is -1.48. The van der Waals surface area contributed by atoms with Crippen LogP contribution < -0.4 is 4.90 Å². The SMILES string of the molecule is O=C(O)c1cc(I)ccc1N1C(=O)C2CCC(O2)C1=O. The first-order valence-electron chi connectivity index (χ1n) is 6.05. The van der Waals surface area contributed by atoms with E-state index in [0.717, 1.165) is 8.47 Å². The van der Waals surface area contributed by atoms with Gasteiger partial charge in [0.1, 0.15) is 12.2 Å². The number of anilines is 1. The molecule has 2 fully saturated rings. The summed E-state index contributed by atoms with van der Waals surface area (Å²) in [4.78, 5) is 36.8. The Morgan fingerprint density at radius 3 is 2.40 bits per heavy atom. The maximum Gasteiger partial charge on any atom is 0.337 e. The van der Waals surface area contributed by atoms with Crippen LogP contribution in [0.2, 0.25) is 0 Å². The number of amides is 2. The Bertz CT molecular complexity index is 607. The quantitative estimate of drug-likeness (QED) is 0.613. The number of hydrogen-bond acceptors (Lipinski definition) is 4. The molecule has 0 aromatic heterocycles. The van der Waals surface area contributed by atoms with Crippen LogP contribution in [0.25, 0.3) is 0 Å². The smallest absolute Gasteiger partial charge is 0.337 e. The second-order valence-corrected chi connectivity index (χ2v) is 5.91. The Morgan fingerprint density at radius 2 is 1.85 bits per heavy atom. The molecule has 0 saturated carbocycles. The van der Waals surface area contributed by atoms with Crippen LogP contribution in [0.3, 0.4) is 0 Å². The standard InChI is InChI=1S/C13H10INO5/c14-6-1-2-8(7(5-6)13(18)19)15-11(16)9-3-4-10(20-9)12(15)17/h1-2,5,9-10H,3-4H2,(H,18,19). The van der Waals surface area contributed by atoms with E-state index in [0.29, 0.717) is 12.8 Å². The van der Waals surface area contributed by atoms with Crippen molar-refractivity contribution in [3.63, 3.8) is 0 Å². The highest BCUT2D eigenvalue weighted by atomic mass is 127. The first-order chi connectivity index (χ1) is 9.49. The maximum atomic E-state index is 12.2. The molecule has 2 atom stereocenters. The van der Waals surface area contributed by atoms with E-state index in [1.54, 1.807) is 6.07 Å². The topological polar surface area (TPSA) is 83.9 Å². The van der Waals surface area contributed by atoms with Crippen LogP contribution in [0.1, 0.15) is 23.2 Å². The summed E-state index contributed by atoms with van der Waals surface area (Å²) in [6.07, 6.45) is -0.283. The van der Waals surface area contributed by atoms with E-state index in [2.05, 4.69) is 0 Å². The molecule has 2 aliphatic rings. The number of aromatic carboxylic acids is 1. The van der Waals surface area contributed by atoms with Crippen LogP contribution in [0, 0.1) is 3.57 Å². The maximum absolute atomic E-state index is 12.2. The van der Waals surface area contributed by atoms with E-state index in [-0.39, 0.29) is 11.3 Å². The van der Waals surface area contributed by atoms with Crippen LogP contribution in [0.15, 0.2) is 18.2 Å². The van der Waals surface area contributed by atoms with Gasteiger partial charge in [0, 0.05) is 3.57 Å². The molecule has 1 aromatic carbocycles. The van der Waals surface area contributed by atoms with Crippen LogP contribution >= 0.6 is 22.6 Å². The number of carbonyl (C=O) groups excluding carboxylic acids is 2. The lowest BCUT2D eigenvalue weighted by molar-refractivity contribution is -0.146. The third-order valence-corrected chi connectivity index (χ3v) is 4.11. The van der Waals surface area contributed by atoms with Crippen molar-refractivity contribution in [2.45, 2.75) is 25.0 Å². The van der Waals surface area contributed by atoms with E-state index >= 15 is 0 Å². The summed E-state index contributed by atoms with van der Waals surface area (Å²) in [5.41, 5.74) is 0.0630. The molecule has 1 aromatic rings. The van der Waals surface area contributed by atoms with E-state index in [9.17, 15) is 19.5 Å². The number of benzene rings is 1. The summed E-state index contributed by atoms with van der Waals surface area (Å²) in [5.74, 6) is -2.13. The number of carboxylic acids is 1. The Morgan fingerprint density at radius 1 is 1.25 bits per heavy atom. The minimum Gasteiger partial charge on any atom is -0.478 e. The lowest BCUT2D eigenvalue weighted by Crippen LogP contribution is -2.52. The Kier molecular flexibility index (Phi) is 3.25. The number of ether oxygens (including phenoxy) is 1. The molecule has 2 aliphatic heterocycles. The molecule has 3 rings (SSSR count). The van der Waals surface area contributed by atoms with Gasteiger partial charge in [-0.05, 0) is 53.6 Å². The first kappa shape index (κ1) is 13.5. The van der Waals surface area contributed by atoms with Gasteiger partial charge in [0.05, 0.1) is 11.3 Å². The van der Waals surface area contributed by atoms with Gasteiger partial charge in [0.25, 0.3) is 11.8 Å². The van der Waals surface area contributed by atoms with E-state index in [1.165, 1.54) is 12.1 Å². The summed E-state index contributed by atoms with van der Waals surface area (Å²) < 4.78 is 6.03. The number of imide groups is 1. The van der Waals surface area contributed by atoms with E-state index < -0.39 is 30.0 Å². The van der Waals surface area contributed by atoms with E-state index in [4.69, 9.17) is 4.74 Å². The second-order valence-electron chi connectivity index (χ2n) is 4.67. The predicted molar refractivity (Wildman–Crippen MR) is 76.5 cm³/mol. The zero-order chi connectivity index (χ0) is 14.4. The van der Waals surface area contributed by atoms with Crippen molar-refractivity contribution in [1.82, 2.24) is 0 Å². The third kappa shape index (κ3) is 2.01. The summed E-state index contributed by atoms with van der Waals surface area (Å²) in [6.45, 7) is 0. The number of fused-ring (bicyclic) bond motifs is 2. The molecule has 0 aliphatic carbocycles. The van der Waals surface area contributed by atoms with Gasteiger partial charge in [0.2, 0.25) is 0 Å². The molecule has 6 nitrogen and oxygen atoms in total. The van der Waals surface area contributed by atoms with Gasteiger partial charge >= 0.3 is 5.97 Å². The van der Waals surface area contributed by atoms with Gasteiger partial charge in [-0.1, -0.05) is 0 Å². The predicted octanol–water partition coefficient (Wildman–Crippen LogP) is 1.41. The number of halogens is 1. The minimum atomic E-state index is -1.17. The van der Waals surface area contributed by atoms with Crippen LogP contribution in [0.5, 0.6) is 0 Å². The van der Waals surface area contributed by atoms with Crippen molar-refractivity contribution in [2.24, 2.45) is 0 Å². The second kappa shape index (κ2) is 4.81. The van der Waals surface area contributed by atoms with Crippen molar-refractivity contribution >= 4 is 46.1 Å². The van der Waals surface area contributed by atoms with E-state index in [1.807, 2.05) is 22.6 Å². The van der Waals surface area contributed by atoms with Gasteiger partial charge < -0.3 is 9.84 Å². The molecule has 7 heteroatoms. The van der Waals surface area contributed by atoms with Gasteiger partial charge in [-0.2, -0.15) is 0 Å². The monoisotopic (exact) mass is 387 g/mol. The van der Waals surface area contributed by atoms with Crippen molar-refractivity contribution in [3.8, 4) is 0 Å². The number of rotatable bonds is 2. The first-order valence-corrected chi connectivity index (χ1v) is 7.13. The Labute approximate surface area is 127 Å². The zero-order valence-corrected chi connectivity index (χ0v) is 12.4. The average Bonchev–Trinajstić information content (AvgIpc) is 2.85. The molecule has 0 radical (unpaired) electrons. The molecule has 1 N–H and O–H groups in total. The molecule has 20 heavy (non-hydrogen) atoms. The third-order valence-electron chi connectivity index (χ3n) is 3.44. The molecule has 2 bridgehead atoms. The molecular weight excluding hydrogens is 377 g/mol. The van der Waals surface area contributed by atoms with Gasteiger partial charge in [-0.3, -0.25) is 9.59 Å². The van der Waals surface area contributed by atoms with Crippen molar-refractivity contribution < 1.29 is 24.2 Å². The molecule has 104 valence electrons. The minimum absolute atomic E-state index is 0.0556. The van der Waals surface area contributed by atoms with Crippen LogP contribution in [-0.4, -0.2) is 35.1 Å². The van der Waals surface area contributed by atoms with Crippen molar-refractivity contribution in [2.75, 3.05) is 4.90 Å². The highest BCUT2D eigenvalue weighted by Gasteiger charge is 2.47. The number of carbonyl (C=O) groups is 3.